The van der Waals surface area contributed by atoms with Crippen molar-refractivity contribution >= 4 is 44.2 Å². The highest BCUT2D eigenvalue weighted by Gasteiger charge is 2.09. The van der Waals surface area contributed by atoms with Crippen LogP contribution in [0.5, 0.6) is 0 Å². The van der Waals surface area contributed by atoms with Crippen LogP contribution in [0.3, 0.4) is 0 Å². The fourth-order valence-electron chi connectivity index (χ4n) is 3.52. The van der Waals surface area contributed by atoms with Crippen molar-refractivity contribution in [2.24, 2.45) is 0 Å². The van der Waals surface area contributed by atoms with Gasteiger partial charge in [0.2, 0.25) is 0 Å². The van der Waals surface area contributed by atoms with Crippen LogP contribution in [0.25, 0.3) is 43.7 Å². The van der Waals surface area contributed by atoms with Crippen molar-refractivity contribution in [1.82, 2.24) is 4.98 Å². The molecule has 0 unspecified atom stereocenters. The molecule has 0 saturated heterocycles. The molecule has 5 rings (SSSR count). The third-order valence-electron chi connectivity index (χ3n) is 4.65. The molecule has 0 amide bonds. The Labute approximate surface area is 144 Å². The Bertz CT molecular complexity index is 1220. The number of aromatic nitrogens is 1. The SMILES string of the molecule is Clc1cccc(-c2ccc3[nH]c4ccc5ccccc5c4c3c2)c1. The first-order valence-electron chi connectivity index (χ1n) is 7.99. The highest BCUT2D eigenvalue weighted by molar-refractivity contribution is 6.30. The lowest BCUT2D eigenvalue weighted by atomic mass is 10.00. The van der Waals surface area contributed by atoms with E-state index in [1.807, 2.05) is 18.2 Å². The Morgan fingerprint density at radius 1 is 0.625 bits per heavy atom. The average molecular weight is 328 g/mol. The van der Waals surface area contributed by atoms with Gasteiger partial charge in [0, 0.05) is 26.8 Å². The Balaban J connectivity index is 1.88. The third kappa shape index (κ3) is 2.02. The molecule has 5 aromatic rings. The molecule has 0 aliphatic heterocycles. The van der Waals surface area contributed by atoms with Crippen molar-refractivity contribution in [3.05, 3.63) is 83.9 Å². The zero-order valence-corrected chi connectivity index (χ0v) is 13.6. The fourth-order valence-corrected chi connectivity index (χ4v) is 3.71. The first-order valence-corrected chi connectivity index (χ1v) is 8.36. The first-order chi connectivity index (χ1) is 11.8. The topological polar surface area (TPSA) is 15.8 Å². The fraction of sp³-hybridized carbons (Fsp3) is 0. The Morgan fingerprint density at radius 3 is 2.38 bits per heavy atom. The summed E-state index contributed by atoms with van der Waals surface area (Å²) in [5.41, 5.74) is 4.65. The standard InChI is InChI=1S/C22H14ClN/c23-17-6-3-5-15(12-17)16-9-10-20-19(13-16)22-18-7-2-1-4-14(18)8-11-21(22)24-20/h1-13,24H. The molecule has 4 aromatic carbocycles. The van der Waals surface area contributed by atoms with Crippen LogP contribution >= 0.6 is 11.6 Å². The van der Waals surface area contributed by atoms with Crippen molar-refractivity contribution in [3.63, 3.8) is 0 Å². The van der Waals surface area contributed by atoms with Crippen LogP contribution in [0.2, 0.25) is 5.02 Å². The number of rotatable bonds is 1. The van der Waals surface area contributed by atoms with Gasteiger partial charge in [-0.05, 0) is 52.2 Å². The normalized spacial score (nSPS) is 11.5. The zero-order chi connectivity index (χ0) is 16.1. The van der Waals surface area contributed by atoms with E-state index < -0.39 is 0 Å². The molecule has 0 radical (unpaired) electrons. The second-order valence-corrected chi connectivity index (χ2v) is 6.54. The summed E-state index contributed by atoms with van der Waals surface area (Å²) in [6.07, 6.45) is 0. The lowest BCUT2D eigenvalue weighted by Crippen LogP contribution is -1.78. The molecule has 1 nitrogen and oxygen atoms in total. The number of aromatic amines is 1. The molecule has 0 saturated carbocycles. The van der Waals surface area contributed by atoms with Gasteiger partial charge in [0.1, 0.15) is 0 Å². The van der Waals surface area contributed by atoms with Crippen molar-refractivity contribution < 1.29 is 0 Å². The van der Waals surface area contributed by atoms with Crippen molar-refractivity contribution in [1.29, 1.82) is 0 Å². The van der Waals surface area contributed by atoms with Crippen LogP contribution in [0, 0.1) is 0 Å². The van der Waals surface area contributed by atoms with Crippen LogP contribution in [-0.4, -0.2) is 4.98 Å². The number of nitrogens with one attached hydrogen (secondary N) is 1. The molecular formula is C22H14ClN. The highest BCUT2D eigenvalue weighted by Crippen LogP contribution is 2.34. The maximum Gasteiger partial charge on any atom is 0.0471 e. The molecule has 0 fully saturated rings. The van der Waals surface area contributed by atoms with Gasteiger partial charge in [0.05, 0.1) is 0 Å². The van der Waals surface area contributed by atoms with Gasteiger partial charge in [0.25, 0.3) is 0 Å². The summed E-state index contributed by atoms with van der Waals surface area (Å²) < 4.78 is 0. The van der Waals surface area contributed by atoms with Crippen LogP contribution in [0.1, 0.15) is 0 Å². The summed E-state index contributed by atoms with van der Waals surface area (Å²) in [4.78, 5) is 3.53. The average Bonchev–Trinajstić information content (AvgIpc) is 3.00. The summed E-state index contributed by atoms with van der Waals surface area (Å²) >= 11 is 6.16. The third-order valence-corrected chi connectivity index (χ3v) is 4.88. The molecule has 1 heterocycles. The minimum atomic E-state index is 0.761. The van der Waals surface area contributed by atoms with Crippen LogP contribution in [0.15, 0.2) is 78.9 Å². The van der Waals surface area contributed by atoms with Crippen LogP contribution < -0.4 is 0 Å². The van der Waals surface area contributed by atoms with E-state index in [4.69, 9.17) is 11.6 Å². The highest BCUT2D eigenvalue weighted by atomic mass is 35.5. The summed E-state index contributed by atoms with van der Waals surface area (Å²) in [5, 5.41) is 5.84. The molecule has 0 bridgehead atoms. The van der Waals surface area contributed by atoms with Crippen molar-refractivity contribution in [3.8, 4) is 11.1 Å². The molecule has 1 N–H and O–H groups in total. The Kier molecular flexibility index (Phi) is 2.91. The van der Waals surface area contributed by atoms with E-state index in [9.17, 15) is 0 Å². The molecular weight excluding hydrogens is 314 g/mol. The van der Waals surface area contributed by atoms with Gasteiger partial charge in [-0.1, -0.05) is 60.1 Å². The second kappa shape index (κ2) is 5.12. The van der Waals surface area contributed by atoms with E-state index in [1.54, 1.807) is 0 Å². The number of hydrogen-bond acceptors (Lipinski definition) is 0. The molecule has 0 atom stereocenters. The van der Waals surface area contributed by atoms with E-state index >= 15 is 0 Å². The van der Waals surface area contributed by atoms with E-state index in [-0.39, 0.29) is 0 Å². The molecule has 114 valence electrons. The quantitative estimate of drug-likeness (QED) is 0.348. The summed E-state index contributed by atoms with van der Waals surface area (Å²) in [6.45, 7) is 0. The first kappa shape index (κ1) is 13.6. The minimum Gasteiger partial charge on any atom is -0.354 e. The van der Waals surface area contributed by atoms with Gasteiger partial charge in [-0.3, -0.25) is 0 Å². The smallest absolute Gasteiger partial charge is 0.0471 e. The van der Waals surface area contributed by atoms with Gasteiger partial charge < -0.3 is 4.98 Å². The van der Waals surface area contributed by atoms with E-state index in [0.717, 1.165) is 16.1 Å². The van der Waals surface area contributed by atoms with Crippen molar-refractivity contribution in [2.75, 3.05) is 0 Å². The van der Waals surface area contributed by atoms with Gasteiger partial charge in [0.15, 0.2) is 0 Å². The number of hydrogen-bond donors (Lipinski definition) is 1. The number of fused-ring (bicyclic) bond motifs is 5. The molecule has 1 aromatic heterocycles. The van der Waals surface area contributed by atoms with Crippen LogP contribution in [0.4, 0.5) is 0 Å². The zero-order valence-electron chi connectivity index (χ0n) is 12.9. The summed E-state index contributed by atoms with van der Waals surface area (Å²) in [7, 11) is 0. The molecule has 0 aliphatic rings. The van der Waals surface area contributed by atoms with Crippen molar-refractivity contribution in [2.45, 2.75) is 0 Å². The Hall–Kier alpha value is -2.77. The number of H-pyrrole nitrogens is 1. The van der Waals surface area contributed by atoms with E-state index in [1.165, 1.54) is 32.6 Å². The summed E-state index contributed by atoms with van der Waals surface area (Å²) in [5.74, 6) is 0. The molecule has 0 aliphatic carbocycles. The molecule has 0 spiro atoms. The lowest BCUT2D eigenvalue weighted by molar-refractivity contribution is 1.55. The van der Waals surface area contributed by atoms with Gasteiger partial charge >= 0.3 is 0 Å². The largest absolute Gasteiger partial charge is 0.354 e. The predicted molar refractivity (Wildman–Crippen MR) is 104 cm³/mol. The molecule has 24 heavy (non-hydrogen) atoms. The molecule has 2 heteroatoms. The lowest BCUT2D eigenvalue weighted by Gasteiger charge is -2.04. The van der Waals surface area contributed by atoms with E-state index in [2.05, 4.69) is 65.6 Å². The Morgan fingerprint density at radius 2 is 1.46 bits per heavy atom. The van der Waals surface area contributed by atoms with E-state index in [0.29, 0.717) is 0 Å². The maximum atomic E-state index is 6.16. The number of halogens is 1. The van der Waals surface area contributed by atoms with Gasteiger partial charge in [-0.25, -0.2) is 0 Å². The number of benzene rings is 4. The maximum absolute atomic E-state index is 6.16. The predicted octanol–water partition coefficient (Wildman–Crippen LogP) is 6.79. The van der Waals surface area contributed by atoms with Crippen LogP contribution in [-0.2, 0) is 0 Å². The van der Waals surface area contributed by atoms with Gasteiger partial charge in [-0.2, -0.15) is 0 Å². The second-order valence-electron chi connectivity index (χ2n) is 6.10. The summed E-state index contributed by atoms with van der Waals surface area (Å²) in [6, 6.07) is 27.4. The monoisotopic (exact) mass is 327 g/mol. The minimum absolute atomic E-state index is 0.761. The van der Waals surface area contributed by atoms with Gasteiger partial charge in [-0.15, -0.1) is 0 Å².